The molecule has 1 aromatic heterocycles. The first-order valence-corrected chi connectivity index (χ1v) is 10.6. The molecule has 5 nitrogen and oxygen atoms in total. The Morgan fingerprint density at radius 3 is 2.54 bits per heavy atom. The van der Waals surface area contributed by atoms with Crippen LogP contribution in [0.2, 0.25) is 0 Å². The largest absolute Gasteiger partial charge is 0.492 e. The molecular formula is C22H25N3O2S. The number of amides is 1. The van der Waals surface area contributed by atoms with Crippen molar-refractivity contribution in [2.75, 3.05) is 26.5 Å². The van der Waals surface area contributed by atoms with Gasteiger partial charge in [0.2, 0.25) is 0 Å². The fourth-order valence-electron chi connectivity index (χ4n) is 3.18. The van der Waals surface area contributed by atoms with Crippen molar-refractivity contribution in [1.29, 1.82) is 5.26 Å². The number of hydrogen-bond donors (Lipinski definition) is 0. The monoisotopic (exact) mass is 395 g/mol. The van der Waals surface area contributed by atoms with E-state index in [0.717, 1.165) is 35.4 Å². The number of ether oxygens (including phenoxy) is 1. The van der Waals surface area contributed by atoms with Crippen LogP contribution in [0.4, 0.5) is 0 Å². The Kier molecular flexibility index (Phi) is 6.25. The summed E-state index contributed by atoms with van der Waals surface area (Å²) in [6.07, 6.45) is 4.08. The third kappa shape index (κ3) is 4.66. The lowest BCUT2D eigenvalue weighted by molar-refractivity contribution is 0.0773. The Hall–Kier alpha value is -2.52. The fraction of sp³-hybridized carbons (Fsp3) is 0.409. The zero-order valence-corrected chi connectivity index (χ0v) is 17.6. The van der Waals surface area contributed by atoms with Crippen molar-refractivity contribution < 1.29 is 9.53 Å². The van der Waals surface area contributed by atoms with E-state index in [1.807, 2.05) is 32.2 Å². The van der Waals surface area contributed by atoms with Gasteiger partial charge in [-0.25, -0.2) is 4.98 Å². The number of aromatic nitrogens is 1. The molecule has 28 heavy (non-hydrogen) atoms. The van der Waals surface area contributed by atoms with Crippen LogP contribution in [0.1, 0.15) is 51.5 Å². The maximum atomic E-state index is 13.0. The number of nitrogens with zero attached hydrogens (tertiary/aromatic N) is 3. The average molecular weight is 396 g/mol. The number of aryl methyl sites for hydroxylation is 2. The Balaban J connectivity index is 1.72. The van der Waals surface area contributed by atoms with Crippen LogP contribution in [-0.2, 0) is 0 Å². The SMILES string of the molecule is CSc1nc(C2CC2)cc(C(=O)N(C)CCOc2cc(C)cc(C)c2)c1C#N. The van der Waals surface area contributed by atoms with E-state index in [1.165, 1.54) is 11.8 Å². The number of hydrogen-bond acceptors (Lipinski definition) is 5. The Labute approximate surface area is 170 Å². The lowest BCUT2D eigenvalue weighted by Crippen LogP contribution is -2.31. The van der Waals surface area contributed by atoms with E-state index in [1.54, 1.807) is 18.0 Å². The third-order valence-corrected chi connectivity index (χ3v) is 5.46. The van der Waals surface area contributed by atoms with Crippen molar-refractivity contribution >= 4 is 17.7 Å². The predicted octanol–water partition coefficient (Wildman–Crippen LogP) is 4.32. The highest BCUT2D eigenvalue weighted by Crippen LogP contribution is 2.40. The molecule has 0 saturated heterocycles. The molecule has 6 heteroatoms. The van der Waals surface area contributed by atoms with Crippen molar-refractivity contribution in [2.24, 2.45) is 0 Å². The second-order valence-corrected chi connectivity index (χ2v) is 8.06. The number of pyridine rings is 1. The molecule has 0 N–H and O–H groups in total. The van der Waals surface area contributed by atoms with E-state index in [0.29, 0.717) is 35.2 Å². The van der Waals surface area contributed by atoms with Crippen molar-refractivity contribution in [3.8, 4) is 11.8 Å². The molecular weight excluding hydrogens is 370 g/mol. The Bertz CT molecular complexity index is 912. The Morgan fingerprint density at radius 2 is 1.96 bits per heavy atom. The van der Waals surface area contributed by atoms with E-state index in [2.05, 4.69) is 17.1 Å². The van der Waals surface area contributed by atoms with Crippen LogP contribution >= 0.6 is 11.8 Å². The van der Waals surface area contributed by atoms with Crippen LogP contribution in [0.5, 0.6) is 5.75 Å². The first-order chi connectivity index (χ1) is 13.4. The van der Waals surface area contributed by atoms with E-state index in [9.17, 15) is 10.1 Å². The van der Waals surface area contributed by atoms with Crippen LogP contribution < -0.4 is 4.74 Å². The lowest BCUT2D eigenvalue weighted by atomic mass is 10.1. The minimum absolute atomic E-state index is 0.167. The smallest absolute Gasteiger partial charge is 0.255 e. The van der Waals surface area contributed by atoms with Gasteiger partial charge in [0.25, 0.3) is 5.91 Å². The summed E-state index contributed by atoms with van der Waals surface area (Å²) in [5.74, 6) is 1.06. The number of carbonyl (C=O) groups is 1. The van der Waals surface area contributed by atoms with E-state index in [-0.39, 0.29) is 5.91 Å². The molecule has 1 fully saturated rings. The fourth-order valence-corrected chi connectivity index (χ4v) is 3.73. The molecule has 1 amide bonds. The average Bonchev–Trinajstić information content (AvgIpc) is 3.50. The van der Waals surface area contributed by atoms with Crippen LogP contribution in [0.25, 0.3) is 0 Å². The number of nitriles is 1. The number of benzene rings is 1. The predicted molar refractivity (Wildman–Crippen MR) is 111 cm³/mol. The molecule has 1 aromatic carbocycles. The first-order valence-electron chi connectivity index (χ1n) is 9.38. The van der Waals surface area contributed by atoms with Crippen molar-refractivity contribution in [3.63, 3.8) is 0 Å². The molecule has 0 spiro atoms. The van der Waals surface area contributed by atoms with Gasteiger partial charge in [-0.15, -0.1) is 11.8 Å². The minimum atomic E-state index is -0.167. The summed E-state index contributed by atoms with van der Waals surface area (Å²) >= 11 is 1.41. The highest BCUT2D eigenvalue weighted by Gasteiger charge is 2.29. The lowest BCUT2D eigenvalue weighted by Gasteiger charge is -2.19. The summed E-state index contributed by atoms with van der Waals surface area (Å²) in [7, 11) is 1.74. The topological polar surface area (TPSA) is 66.2 Å². The standard InChI is InChI=1S/C22H25N3O2S/c1-14-9-15(2)11-17(10-14)27-8-7-25(3)22(26)18-12-20(16-5-6-16)24-21(28-4)19(18)13-23/h9-12,16H,5-8H2,1-4H3. The van der Waals surface area contributed by atoms with Gasteiger partial charge in [0.1, 0.15) is 23.5 Å². The summed E-state index contributed by atoms with van der Waals surface area (Å²) in [4.78, 5) is 19.2. The van der Waals surface area contributed by atoms with Gasteiger partial charge in [-0.3, -0.25) is 4.79 Å². The maximum Gasteiger partial charge on any atom is 0.255 e. The van der Waals surface area contributed by atoms with Crippen molar-refractivity contribution in [3.05, 3.63) is 52.2 Å². The summed E-state index contributed by atoms with van der Waals surface area (Å²) in [5.41, 5.74) is 4.02. The van der Waals surface area contributed by atoms with Crippen LogP contribution in [0.3, 0.4) is 0 Å². The maximum absolute atomic E-state index is 13.0. The van der Waals surface area contributed by atoms with Gasteiger partial charge in [-0.1, -0.05) is 6.07 Å². The first kappa shape index (κ1) is 20.2. The van der Waals surface area contributed by atoms with Crippen molar-refractivity contribution in [1.82, 2.24) is 9.88 Å². The van der Waals surface area contributed by atoms with Crippen LogP contribution in [0.15, 0.2) is 29.3 Å². The van der Waals surface area contributed by atoms with Crippen LogP contribution in [0, 0.1) is 25.2 Å². The highest BCUT2D eigenvalue weighted by molar-refractivity contribution is 7.98. The molecule has 0 atom stereocenters. The molecule has 0 radical (unpaired) electrons. The molecule has 1 aliphatic rings. The number of carbonyl (C=O) groups excluding carboxylic acids is 1. The molecule has 0 aliphatic heterocycles. The highest BCUT2D eigenvalue weighted by atomic mass is 32.2. The second kappa shape index (κ2) is 8.66. The van der Waals surface area contributed by atoms with Gasteiger partial charge in [0.05, 0.1) is 17.7 Å². The van der Waals surface area contributed by atoms with Crippen LogP contribution in [-0.4, -0.2) is 42.2 Å². The molecule has 1 aliphatic carbocycles. The zero-order chi connectivity index (χ0) is 20.3. The number of likely N-dealkylation sites (N-methyl/N-ethyl adjacent to an activating group) is 1. The zero-order valence-electron chi connectivity index (χ0n) is 16.8. The second-order valence-electron chi connectivity index (χ2n) is 7.26. The van der Waals surface area contributed by atoms with E-state index < -0.39 is 0 Å². The van der Waals surface area contributed by atoms with Gasteiger partial charge in [-0.05, 0) is 62.3 Å². The van der Waals surface area contributed by atoms with Gasteiger partial charge < -0.3 is 9.64 Å². The van der Waals surface area contributed by atoms with Gasteiger partial charge in [-0.2, -0.15) is 5.26 Å². The normalized spacial score (nSPS) is 13.1. The number of thioether (sulfide) groups is 1. The van der Waals surface area contributed by atoms with E-state index >= 15 is 0 Å². The van der Waals surface area contributed by atoms with Gasteiger partial charge >= 0.3 is 0 Å². The minimum Gasteiger partial charge on any atom is -0.492 e. The third-order valence-electron chi connectivity index (χ3n) is 4.77. The molecule has 1 saturated carbocycles. The van der Waals surface area contributed by atoms with Gasteiger partial charge in [0, 0.05) is 18.7 Å². The summed E-state index contributed by atoms with van der Waals surface area (Å²) in [5, 5.41) is 10.2. The molecule has 146 valence electrons. The van der Waals surface area contributed by atoms with E-state index in [4.69, 9.17) is 4.74 Å². The summed E-state index contributed by atoms with van der Waals surface area (Å²) in [6, 6.07) is 10.0. The molecule has 3 rings (SSSR count). The van der Waals surface area contributed by atoms with Crippen molar-refractivity contribution in [2.45, 2.75) is 37.6 Å². The summed E-state index contributed by atoms with van der Waals surface area (Å²) < 4.78 is 5.82. The molecule has 0 bridgehead atoms. The number of rotatable bonds is 7. The van der Waals surface area contributed by atoms with Gasteiger partial charge in [0.15, 0.2) is 0 Å². The molecule has 2 aromatic rings. The Morgan fingerprint density at radius 1 is 1.29 bits per heavy atom. The molecule has 0 unspecified atom stereocenters. The molecule has 1 heterocycles. The summed E-state index contributed by atoms with van der Waals surface area (Å²) in [6.45, 7) is 4.89. The quantitative estimate of drug-likeness (QED) is 0.653.